The topological polar surface area (TPSA) is 38.9 Å². The molecule has 2 N–H and O–H groups in total. The first-order chi connectivity index (χ1) is 6.16. The molecule has 0 saturated heterocycles. The zero-order valence-corrected chi connectivity index (χ0v) is 7.35. The molecule has 0 atom stereocenters. The maximum absolute atomic E-state index is 12.8. The lowest BCUT2D eigenvalue weighted by molar-refractivity contribution is 0.629. The molecule has 4 heteroatoms. The number of nitrogens with zero attached hydrogens (tertiary/aromatic N) is 1. The highest BCUT2D eigenvalue weighted by molar-refractivity contribution is 6.34. The summed E-state index contributed by atoms with van der Waals surface area (Å²) in [4.78, 5) is 3.82. The van der Waals surface area contributed by atoms with Crippen LogP contribution in [0.25, 0.3) is 10.8 Å². The Hall–Kier alpha value is -1.35. The lowest BCUT2D eigenvalue weighted by atomic mass is 10.2. The fourth-order valence-corrected chi connectivity index (χ4v) is 1.46. The zero-order valence-electron chi connectivity index (χ0n) is 6.59. The summed E-state index contributed by atoms with van der Waals surface area (Å²) >= 11 is 5.78. The van der Waals surface area contributed by atoms with Crippen molar-refractivity contribution in [2.75, 3.05) is 5.73 Å². The molecule has 1 heterocycles. The predicted molar refractivity (Wildman–Crippen MR) is 51.1 cm³/mol. The number of halogens is 2. The lowest BCUT2D eigenvalue weighted by Crippen LogP contribution is -1.90. The van der Waals surface area contributed by atoms with E-state index >= 15 is 0 Å². The molecular formula is C9H6ClFN2. The third-order valence-electron chi connectivity index (χ3n) is 1.77. The van der Waals surface area contributed by atoms with Crippen molar-refractivity contribution in [1.82, 2.24) is 4.98 Å². The zero-order chi connectivity index (χ0) is 9.42. The number of rotatable bonds is 0. The SMILES string of the molecule is Nc1cc2ccc(F)cc2c(Cl)n1. The molecule has 0 amide bonds. The number of pyridine rings is 1. The van der Waals surface area contributed by atoms with Crippen LogP contribution < -0.4 is 5.73 Å². The van der Waals surface area contributed by atoms with Gasteiger partial charge in [-0.2, -0.15) is 0 Å². The van der Waals surface area contributed by atoms with Crippen molar-refractivity contribution in [2.24, 2.45) is 0 Å². The minimum absolute atomic E-state index is 0.231. The first-order valence-electron chi connectivity index (χ1n) is 3.68. The molecule has 1 aromatic carbocycles. The van der Waals surface area contributed by atoms with Crippen molar-refractivity contribution >= 4 is 28.2 Å². The van der Waals surface area contributed by atoms with Gasteiger partial charge in [-0.1, -0.05) is 17.7 Å². The number of nitrogens with two attached hydrogens (primary N) is 1. The largest absolute Gasteiger partial charge is 0.384 e. The molecule has 0 spiro atoms. The van der Waals surface area contributed by atoms with Crippen LogP contribution in [0.15, 0.2) is 24.3 Å². The van der Waals surface area contributed by atoms with E-state index in [1.165, 1.54) is 12.1 Å². The van der Waals surface area contributed by atoms with Crippen molar-refractivity contribution in [2.45, 2.75) is 0 Å². The number of fused-ring (bicyclic) bond motifs is 1. The van der Waals surface area contributed by atoms with E-state index in [2.05, 4.69) is 4.98 Å². The van der Waals surface area contributed by atoms with Crippen LogP contribution in [0.4, 0.5) is 10.2 Å². The minimum atomic E-state index is -0.332. The second-order valence-electron chi connectivity index (χ2n) is 2.70. The van der Waals surface area contributed by atoms with E-state index in [-0.39, 0.29) is 11.0 Å². The van der Waals surface area contributed by atoms with Gasteiger partial charge < -0.3 is 5.73 Å². The molecule has 0 saturated carbocycles. The van der Waals surface area contributed by atoms with E-state index in [1.807, 2.05) is 0 Å². The number of nitrogen functional groups attached to an aromatic ring is 1. The quantitative estimate of drug-likeness (QED) is 0.658. The number of benzene rings is 1. The predicted octanol–water partition coefficient (Wildman–Crippen LogP) is 2.61. The van der Waals surface area contributed by atoms with Crippen molar-refractivity contribution in [1.29, 1.82) is 0 Å². The molecule has 0 aliphatic rings. The van der Waals surface area contributed by atoms with Gasteiger partial charge in [-0.15, -0.1) is 0 Å². The second-order valence-corrected chi connectivity index (χ2v) is 3.06. The molecule has 2 rings (SSSR count). The Morgan fingerprint density at radius 3 is 2.85 bits per heavy atom. The van der Waals surface area contributed by atoms with Crippen molar-refractivity contribution in [3.8, 4) is 0 Å². The molecule has 2 nitrogen and oxygen atoms in total. The maximum atomic E-state index is 12.8. The van der Waals surface area contributed by atoms with Crippen molar-refractivity contribution in [3.63, 3.8) is 0 Å². The van der Waals surface area contributed by atoms with E-state index in [9.17, 15) is 4.39 Å². The molecule has 13 heavy (non-hydrogen) atoms. The van der Waals surface area contributed by atoms with Crippen LogP contribution in [0.1, 0.15) is 0 Å². The molecule has 66 valence electrons. The average molecular weight is 197 g/mol. The van der Waals surface area contributed by atoms with Crippen molar-refractivity contribution in [3.05, 3.63) is 35.2 Å². The summed E-state index contributed by atoms with van der Waals surface area (Å²) in [6.45, 7) is 0. The Morgan fingerprint density at radius 1 is 1.31 bits per heavy atom. The lowest BCUT2D eigenvalue weighted by Gasteiger charge is -2.01. The third kappa shape index (κ3) is 1.42. The van der Waals surface area contributed by atoms with Gasteiger partial charge in [-0.05, 0) is 23.6 Å². The van der Waals surface area contributed by atoms with Crippen LogP contribution in [0, 0.1) is 5.82 Å². The smallest absolute Gasteiger partial charge is 0.139 e. The van der Waals surface area contributed by atoms with Gasteiger partial charge in [0.1, 0.15) is 16.8 Å². The van der Waals surface area contributed by atoms with Crippen LogP contribution in [0.2, 0.25) is 5.15 Å². The molecule has 0 aliphatic heterocycles. The molecule has 0 bridgehead atoms. The monoisotopic (exact) mass is 196 g/mol. The van der Waals surface area contributed by atoms with E-state index in [4.69, 9.17) is 17.3 Å². The van der Waals surface area contributed by atoms with E-state index in [1.54, 1.807) is 12.1 Å². The van der Waals surface area contributed by atoms with Gasteiger partial charge in [0.2, 0.25) is 0 Å². The number of anilines is 1. The summed E-state index contributed by atoms with van der Waals surface area (Å²) in [7, 11) is 0. The Balaban J connectivity index is 2.87. The highest BCUT2D eigenvalue weighted by Crippen LogP contribution is 2.24. The molecule has 2 aromatic rings. The Kier molecular flexibility index (Phi) is 1.81. The van der Waals surface area contributed by atoms with Gasteiger partial charge in [-0.3, -0.25) is 0 Å². The Bertz CT molecular complexity index is 470. The van der Waals surface area contributed by atoms with E-state index < -0.39 is 0 Å². The minimum Gasteiger partial charge on any atom is -0.384 e. The van der Waals surface area contributed by atoms with Crippen molar-refractivity contribution < 1.29 is 4.39 Å². The highest BCUT2D eigenvalue weighted by Gasteiger charge is 2.02. The number of hydrogen-bond donors (Lipinski definition) is 1. The first kappa shape index (κ1) is 8.26. The van der Waals surface area contributed by atoms with Crippen LogP contribution >= 0.6 is 11.6 Å². The fraction of sp³-hybridized carbons (Fsp3) is 0. The summed E-state index contributed by atoms with van der Waals surface area (Å²) in [5, 5.41) is 1.60. The van der Waals surface area contributed by atoms with Crippen LogP contribution in [0.3, 0.4) is 0 Å². The normalized spacial score (nSPS) is 10.6. The Morgan fingerprint density at radius 2 is 2.08 bits per heavy atom. The maximum Gasteiger partial charge on any atom is 0.139 e. The van der Waals surface area contributed by atoms with Crippen LogP contribution in [-0.2, 0) is 0 Å². The molecule has 0 aliphatic carbocycles. The first-order valence-corrected chi connectivity index (χ1v) is 4.06. The summed E-state index contributed by atoms with van der Waals surface area (Å²) in [6.07, 6.45) is 0. The molecular weight excluding hydrogens is 191 g/mol. The van der Waals surface area contributed by atoms with Gasteiger partial charge in [0.25, 0.3) is 0 Å². The van der Waals surface area contributed by atoms with Crippen LogP contribution in [0.5, 0.6) is 0 Å². The fourth-order valence-electron chi connectivity index (χ4n) is 1.20. The molecule has 0 fully saturated rings. The standard InChI is InChI=1S/C9H6ClFN2/c10-9-7-4-6(11)2-1-5(7)3-8(12)13-9/h1-4H,(H2,12,13). The number of aromatic nitrogens is 1. The highest BCUT2D eigenvalue weighted by atomic mass is 35.5. The van der Waals surface area contributed by atoms with Gasteiger partial charge in [-0.25, -0.2) is 9.37 Å². The molecule has 1 aromatic heterocycles. The van der Waals surface area contributed by atoms with Crippen LogP contribution in [-0.4, -0.2) is 4.98 Å². The van der Waals surface area contributed by atoms with E-state index in [0.717, 1.165) is 5.39 Å². The summed E-state index contributed by atoms with van der Waals surface area (Å²) in [5.74, 6) is 0.00470. The second kappa shape index (κ2) is 2.85. The summed E-state index contributed by atoms with van der Waals surface area (Å²) < 4.78 is 12.8. The molecule has 0 radical (unpaired) electrons. The van der Waals surface area contributed by atoms with E-state index in [0.29, 0.717) is 11.2 Å². The third-order valence-corrected chi connectivity index (χ3v) is 2.06. The summed E-state index contributed by atoms with van der Waals surface area (Å²) in [5.41, 5.74) is 5.47. The van der Waals surface area contributed by atoms with Gasteiger partial charge >= 0.3 is 0 Å². The Labute approximate surface area is 79.1 Å². The molecule has 0 unspecified atom stereocenters. The average Bonchev–Trinajstić information content (AvgIpc) is 2.06. The van der Waals surface area contributed by atoms with Gasteiger partial charge in [0.15, 0.2) is 0 Å². The summed E-state index contributed by atoms with van der Waals surface area (Å²) in [6, 6.07) is 5.97. The van der Waals surface area contributed by atoms with Gasteiger partial charge in [0, 0.05) is 5.39 Å². The van der Waals surface area contributed by atoms with Gasteiger partial charge in [0.05, 0.1) is 0 Å². The number of hydrogen-bond acceptors (Lipinski definition) is 2.